The van der Waals surface area contributed by atoms with Crippen molar-refractivity contribution in [3.63, 3.8) is 0 Å². The molecule has 0 aromatic heterocycles. The predicted octanol–water partition coefficient (Wildman–Crippen LogP) is 4.05. The zero-order valence-corrected chi connectivity index (χ0v) is 12.9. The third kappa shape index (κ3) is 5.57. The number of aliphatic carboxylic acids is 1. The molecule has 0 bridgehead atoms. The van der Waals surface area contributed by atoms with Crippen LogP contribution in [0.3, 0.4) is 0 Å². The van der Waals surface area contributed by atoms with E-state index in [1.54, 1.807) is 0 Å². The molecule has 0 spiro atoms. The molecule has 132 valence electrons. The molecule has 0 aliphatic carbocycles. The van der Waals surface area contributed by atoms with Crippen molar-refractivity contribution in [2.45, 2.75) is 6.36 Å². The highest BCUT2D eigenvalue weighted by molar-refractivity contribution is 6.36. The van der Waals surface area contributed by atoms with Crippen molar-refractivity contribution in [1.29, 1.82) is 0 Å². The van der Waals surface area contributed by atoms with Crippen LogP contribution in [0.5, 0.6) is 17.2 Å². The SMILES string of the molecule is O=C(O)C(=O)Nc1ccc(Cl)cc1Oc1ccc(OC(F)(F)F)cc1. The van der Waals surface area contributed by atoms with E-state index in [0.717, 1.165) is 12.1 Å². The smallest absolute Gasteiger partial charge is 0.474 e. The molecular weight excluding hydrogens is 367 g/mol. The maximum Gasteiger partial charge on any atom is 0.573 e. The Kier molecular flexibility index (Phi) is 5.38. The molecule has 25 heavy (non-hydrogen) atoms. The largest absolute Gasteiger partial charge is 0.573 e. The summed E-state index contributed by atoms with van der Waals surface area (Å²) in [6.45, 7) is 0. The zero-order valence-electron chi connectivity index (χ0n) is 12.1. The molecule has 0 fully saturated rings. The monoisotopic (exact) mass is 375 g/mol. The van der Waals surface area contributed by atoms with E-state index in [4.69, 9.17) is 21.4 Å². The second-order valence-corrected chi connectivity index (χ2v) is 4.96. The van der Waals surface area contributed by atoms with Gasteiger partial charge in [-0.25, -0.2) is 4.79 Å². The van der Waals surface area contributed by atoms with Crippen LogP contribution in [0.25, 0.3) is 0 Å². The number of rotatable bonds is 4. The summed E-state index contributed by atoms with van der Waals surface area (Å²) in [5.41, 5.74) is 0.0208. The number of alkyl halides is 3. The van der Waals surface area contributed by atoms with Crippen LogP contribution in [0.15, 0.2) is 42.5 Å². The van der Waals surface area contributed by atoms with Gasteiger partial charge in [0.05, 0.1) is 5.69 Å². The molecule has 0 saturated heterocycles. The molecule has 10 heteroatoms. The molecule has 2 aromatic carbocycles. The predicted molar refractivity (Wildman–Crippen MR) is 80.9 cm³/mol. The Morgan fingerprint density at radius 1 is 1.04 bits per heavy atom. The Morgan fingerprint density at radius 3 is 2.20 bits per heavy atom. The van der Waals surface area contributed by atoms with Gasteiger partial charge < -0.3 is 19.9 Å². The number of anilines is 1. The van der Waals surface area contributed by atoms with Gasteiger partial charge >= 0.3 is 18.2 Å². The molecule has 0 aliphatic heterocycles. The molecule has 0 unspecified atom stereocenters. The third-order valence-corrected chi connectivity index (χ3v) is 2.91. The number of halogens is 4. The van der Waals surface area contributed by atoms with Crippen molar-refractivity contribution in [2.75, 3.05) is 5.32 Å². The third-order valence-electron chi connectivity index (χ3n) is 2.67. The van der Waals surface area contributed by atoms with Gasteiger partial charge in [0, 0.05) is 11.1 Å². The van der Waals surface area contributed by atoms with Gasteiger partial charge in [0.1, 0.15) is 11.5 Å². The highest BCUT2D eigenvalue weighted by Crippen LogP contribution is 2.33. The summed E-state index contributed by atoms with van der Waals surface area (Å²) >= 11 is 5.83. The molecule has 2 N–H and O–H groups in total. The standard InChI is InChI=1S/C15H9ClF3NO5/c16-8-1-6-11(20-13(21)14(22)23)12(7-8)24-9-2-4-10(5-3-9)25-15(17,18)19/h1-7H,(H,20,21)(H,22,23). The van der Waals surface area contributed by atoms with Crippen molar-refractivity contribution >= 4 is 29.2 Å². The number of hydrogen-bond acceptors (Lipinski definition) is 4. The van der Waals surface area contributed by atoms with Gasteiger partial charge in [-0.05, 0) is 36.4 Å². The Balaban J connectivity index is 2.20. The van der Waals surface area contributed by atoms with Crippen LogP contribution in [0.1, 0.15) is 0 Å². The second-order valence-electron chi connectivity index (χ2n) is 4.52. The maximum atomic E-state index is 12.1. The van der Waals surface area contributed by atoms with Crippen LogP contribution >= 0.6 is 11.6 Å². The highest BCUT2D eigenvalue weighted by atomic mass is 35.5. The number of hydrogen-bond donors (Lipinski definition) is 2. The minimum absolute atomic E-state index is 0.00610. The number of amides is 1. The van der Waals surface area contributed by atoms with E-state index in [1.165, 1.54) is 30.3 Å². The summed E-state index contributed by atoms with van der Waals surface area (Å²) in [5.74, 6) is -3.31. The topological polar surface area (TPSA) is 84.9 Å². The van der Waals surface area contributed by atoms with Gasteiger partial charge in [-0.3, -0.25) is 4.79 Å². The molecule has 2 rings (SSSR count). The Hall–Kier alpha value is -2.94. The van der Waals surface area contributed by atoms with Gasteiger partial charge in [-0.2, -0.15) is 0 Å². The molecule has 2 aromatic rings. The van der Waals surface area contributed by atoms with E-state index in [9.17, 15) is 22.8 Å². The van der Waals surface area contributed by atoms with Crippen LogP contribution < -0.4 is 14.8 Å². The average molecular weight is 376 g/mol. The number of carbonyl (C=O) groups is 2. The number of benzene rings is 2. The molecular formula is C15H9ClF3NO5. The second kappa shape index (κ2) is 7.31. The van der Waals surface area contributed by atoms with E-state index in [0.29, 0.717) is 0 Å². The van der Waals surface area contributed by atoms with Crippen molar-refractivity contribution in [2.24, 2.45) is 0 Å². The van der Waals surface area contributed by atoms with Crippen LogP contribution in [0, 0.1) is 0 Å². The lowest BCUT2D eigenvalue weighted by atomic mass is 10.2. The summed E-state index contributed by atoms with van der Waals surface area (Å²) < 4.78 is 45.5. The normalized spacial score (nSPS) is 10.9. The molecule has 0 saturated carbocycles. The summed E-state index contributed by atoms with van der Waals surface area (Å²) in [6, 6.07) is 8.48. The Labute approximate surface area is 143 Å². The quantitative estimate of drug-likeness (QED) is 0.787. The molecule has 0 atom stereocenters. The molecule has 0 radical (unpaired) electrons. The molecule has 1 amide bonds. The van der Waals surface area contributed by atoms with Gasteiger partial charge in [0.25, 0.3) is 0 Å². The lowest BCUT2D eigenvalue weighted by molar-refractivity contribution is -0.274. The van der Waals surface area contributed by atoms with E-state index >= 15 is 0 Å². The van der Waals surface area contributed by atoms with Crippen molar-refractivity contribution in [3.8, 4) is 17.2 Å². The van der Waals surface area contributed by atoms with Crippen LogP contribution in [0.4, 0.5) is 18.9 Å². The van der Waals surface area contributed by atoms with Gasteiger partial charge in [0.15, 0.2) is 5.75 Å². The number of carboxylic acid groups (broad SMARTS) is 1. The first kappa shape index (κ1) is 18.4. The number of carboxylic acids is 1. The number of ether oxygens (including phenoxy) is 2. The lowest BCUT2D eigenvalue weighted by Gasteiger charge is -2.13. The van der Waals surface area contributed by atoms with Crippen LogP contribution in [-0.2, 0) is 9.59 Å². The first-order valence-electron chi connectivity index (χ1n) is 6.51. The summed E-state index contributed by atoms with van der Waals surface area (Å²) in [5, 5.41) is 11.0. The summed E-state index contributed by atoms with van der Waals surface area (Å²) in [4.78, 5) is 21.9. The van der Waals surface area contributed by atoms with Crippen molar-refractivity contribution < 1.29 is 37.3 Å². The van der Waals surface area contributed by atoms with E-state index in [1.807, 2.05) is 0 Å². The first-order chi connectivity index (χ1) is 11.6. The zero-order chi connectivity index (χ0) is 18.6. The molecule has 0 aliphatic rings. The summed E-state index contributed by atoms with van der Waals surface area (Å²) in [6.07, 6.45) is -4.82. The minimum Gasteiger partial charge on any atom is -0.474 e. The molecule has 0 heterocycles. The Morgan fingerprint density at radius 2 is 1.64 bits per heavy atom. The van der Waals surface area contributed by atoms with Gasteiger partial charge in [0.2, 0.25) is 0 Å². The van der Waals surface area contributed by atoms with Gasteiger partial charge in [-0.15, -0.1) is 13.2 Å². The van der Waals surface area contributed by atoms with Crippen LogP contribution in [0.2, 0.25) is 5.02 Å². The lowest BCUT2D eigenvalue weighted by Crippen LogP contribution is -2.22. The summed E-state index contributed by atoms with van der Waals surface area (Å²) in [7, 11) is 0. The van der Waals surface area contributed by atoms with Crippen molar-refractivity contribution in [3.05, 3.63) is 47.5 Å². The van der Waals surface area contributed by atoms with E-state index in [2.05, 4.69) is 10.1 Å². The van der Waals surface area contributed by atoms with Gasteiger partial charge in [-0.1, -0.05) is 11.6 Å². The number of carbonyl (C=O) groups excluding carboxylic acids is 1. The fraction of sp³-hybridized carbons (Fsp3) is 0.0667. The fourth-order valence-electron chi connectivity index (χ4n) is 1.70. The average Bonchev–Trinajstić information content (AvgIpc) is 2.50. The Bertz CT molecular complexity index is 793. The maximum absolute atomic E-state index is 12.1. The van der Waals surface area contributed by atoms with E-state index < -0.39 is 24.0 Å². The van der Waals surface area contributed by atoms with Crippen LogP contribution in [-0.4, -0.2) is 23.3 Å². The highest BCUT2D eigenvalue weighted by Gasteiger charge is 2.31. The van der Waals surface area contributed by atoms with Crippen molar-refractivity contribution in [1.82, 2.24) is 0 Å². The molecule has 6 nitrogen and oxygen atoms in total. The number of nitrogens with one attached hydrogen (secondary N) is 1. The fourth-order valence-corrected chi connectivity index (χ4v) is 1.86. The minimum atomic E-state index is -4.82. The first-order valence-corrected chi connectivity index (χ1v) is 6.89. The van der Waals surface area contributed by atoms with E-state index in [-0.39, 0.29) is 22.2 Å².